The Morgan fingerprint density at radius 3 is 2.62 bits per heavy atom. The number of hydrogen-bond donors (Lipinski definition) is 2. The minimum atomic E-state index is -0.994. The molecule has 2 aliphatic rings. The number of rotatable bonds is 6. The van der Waals surface area contributed by atoms with Crippen LogP contribution in [0.25, 0.3) is 0 Å². The van der Waals surface area contributed by atoms with Crippen LogP contribution in [-0.4, -0.2) is 35.0 Å². The van der Waals surface area contributed by atoms with Gasteiger partial charge in [0.2, 0.25) is 5.91 Å². The van der Waals surface area contributed by atoms with Crippen LogP contribution < -0.4 is 19.5 Å². The Kier molecular flexibility index (Phi) is 6.67. The second-order valence-corrected chi connectivity index (χ2v) is 8.67. The van der Waals surface area contributed by atoms with E-state index in [2.05, 4.69) is 10.0 Å². The number of fused-ring (bicyclic) bond motifs is 1. The maximum Gasteiger partial charge on any atom is 0.227 e. The lowest BCUT2D eigenvalue weighted by Gasteiger charge is -2.29. The van der Waals surface area contributed by atoms with Crippen LogP contribution in [0.4, 0.5) is 5.69 Å². The van der Waals surface area contributed by atoms with Crippen LogP contribution in [0.2, 0.25) is 0 Å². The first-order valence-electron chi connectivity index (χ1n) is 9.44. The average molecular weight is 381 g/mol. The topological polar surface area (TPSA) is 82.7 Å². The minimum Gasteiger partial charge on any atom is -0.598 e. The molecule has 2 N–H and O–H groups in total. The van der Waals surface area contributed by atoms with Crippen LogP contribution in [0, 0.1) is 5.92 Å². The largest absolute Gasteiger partial charge is 0.598 e. The molecule has 3 rings (SSSR count). The lowest BCUT2D eigenvalue weighted by Crippen LogP contribution is -2.42. The first kappa shape index (κ1) is 19.3. The molecule has 26 heavy (non-hydrogen) atoms. The first-order valence-corrected chi connectivity index (χ1v) is 10.7. The van der Waals surface area contributed by atoms with Crippen molar-refractivity contribution < 1.29 is 18.8 Å². The number of benzene rings is 1. The molecule has 144 valence electrons. The van der Waals surface area contributed by atoms with Gasteiger partial charge in [-0.15, -0.1) is 4.72 Å². The highest BCUT2D eigenvalue weighted by Gasteiger charge is 2.29. The molecular weight excluding hydrogens is 352 g/mol. The van der Waals surface area contributed by atoms with Crippen molar-refractivity contribution in [3.63, 3.8) is 0 Å². The Balaban J connectivity index is 1.48. The highest BCUT2D eigenvalue weighted by Crippen LogP contribution is 2.33. The van der Waals surface area contributed by atoms with Crippen molar-refractivity contribution in [3.05, 3.63) is 18.2 Å². The van der Waals surface area contributed by atoms with Crippen LogP contribution in [0.3, 0.4) is 0 Å². The van der Waals surface area contributed by atoms with Gasteiger partial charge in [0, 0.05) is 29.0 Å². The monoisotopic (exact) mass is 380 g/mol. The molecular formula is C19H28N2O4S. The van der Waals surface area contributed by atoms with E-state index in [4.69, 9.17) is 9.47 Å². The van der Waals surface area contributed by atoms with Crippen molar-refractivity contribution in [3.8, 4) is 11.5 Å². The smallest absolute Gasteiger partial charge is 0.227 e. The molecule has 1 aliphatic heterocycles. The summed E-state index contributed by atoms with van der Waals surface area (Å²) in [4.78, 5) is 12.6. The molecule has 1 aromatic rings. The maximum atomic E-state index is 12.6. The van der Waals surface area contributed by atoms with Gasteiger partial charge in [0.05, 0.1) is 6.04 Å². The molecule has 2 unspecified atom stereocenters. The first-order chi connectivity index (χ1) is 12.6. The van der Waals surface area contributed by atoms with Gasteiger partial charge in [-0.1, -0.05) is 6.92 Å². The van der Waals surface area contributed by atoms with Gasteiger partial charge in [-0.3, -0.25) is 4.79 Å². The third-order valence-corrected chi connectivity index (χ3v) is 6.76. The molecule has 1 heterocycles. The lowest BCUT2D eigenvalue weighted by molar-refractivity contribution is -0.120. The van der Waals surface area contributed by atoms with Gasteiger partial charge in [-0.25, -0.2) is 0 Å². The normalized spacial score (nSPS) is 24.6. The van der Waals surface area contributed by atoms with E-state index >= 15 is 0 Å². The SMILES string of the molecule is CCC(C)[S+]([O-])NC1CCC(C(=O)Nc2ccc3c(c2)OCCO3)CC1. The Morgan fingerprint density at radius 2 is 1.92 bits per heavy atom. The summed E-state index contributed by atoms with van der Waals surface area (Å²) in [5.74, 6) is 1.44. The molecule has 6 nitrogen and oxygen atoms in total. The average Bonchev–Trinajstić information content (AvgIpc) is 2.67. The molecule has 0 saturated heterocycles. The van der Waals surface area contributed by atoms with Gasteiger partial charge in [-0.05, 0) is 51.2 Å². The molecule has 2 atom stereocenters. The fourth-order valence-corrected chi connectivity index (χ4v) is 4.37. The van der Waals surface area contributed by atoms with E-state index < -0.39 is 11.4 Å². The van der Waals surface area contributed by atoms with Crippen molar-refractivity contribution in [2.75, 3.05) is 18.5 Å². The third kappa shape index (κ3) is 4.84. The highest BCUT2D eigenvalue weighted by atomic mass is 32.2. The fraction of sp³-hybridized carbons (Fsp3) is 0.632. The second kappa shape index (κ2) is 8.97. The summed E-state index contributed by atoms with van der Waals surface area (Å²) in [7, 11) is 0. The summed E-state index contributed by atoms with van der Waals surface area (Å²) >= 11 is -0.994. The number of ether oxygens (including phenoxy) is 2. The fourth-order valence-electron chi connectivity index (χ4n) is 3.27. The summed E-state index contributed by atoms with van der Waals surface area (Å²) < 4.78 is 26.4. The molecule has 0 radical (unpaired) electrons. The van der Waals surface area contributed by atoms with E-state index in [9.17, 15) is 9.35 Å². The van der Waals surface area contributed by atoms with Crippen molar-refractivity contribution in [1.82, 2.24) is 4.72 Å². The van der Waals surface area contributed by atoms with E-state index in [1.807, 2.05) is 32.0 Å². The highest BCUT2D eigenvalue weighted by molar-refractivity contribution is 7.90. The summed E-state index contributed by atoms with van der Waals surface area (Å²) in [6.45, 7) is 5.12. The lowest BCUT2D eigenvalue weighted by atomic mass is 9.86. The van der Waals surface area contributed by atoms with Crippen molar-refractivity contribution >= 4 is 23.0 Å². The molecule has 1 aromatic carbocycles. The minimum absolute atomic E-state index is 0.00159. The summed E-state index contributed by atoms with van der Waals surface area (Å²) in [6.07, 6.45) is 4.27. The number of carbonyl (C=O) groups excluding carboxylic acids is 1. The van der Waals surface area contributed by atoms with Gasteiger partial charge in [-0.2, -0.15) is 0 Å². The quantitative estimate of drug-likeness (QED) is 0.742. The summed E-state index contributed by atoms with van der Waals surface area (Å²) in [5, 5.41) is 3.15. The standard InChI is InChI=1S/C19H28N2O4S/c1-3-13(2)26(23)21-15-6-4-14(5-7-15)19(22)20-16-8-9-17-18(12-16)25-11-10-24-17/h8-9,12-15,21H,3-7,10-11H2,1-2H3,(H,20,22). The molecule has 7 heteroatoms. The summed E-state index contributed by atoms with van der Waals surface area (Å²) in [5.41, 5.74) is 0.734. The molecule has 0 spiro atoms. The van der Waals surface area contributed by atoms with Crippen LogP contribution in [0.1, 0.15) is 46.0 Å². The molecule has 1 fully saturated rings. The van der Waals surface area contributed by atoms with Crippen LogP contribution in [0.5, 0.6) is 11.5 Å². The number of amides is 1. The Labute approximate surface area is 158 Å². The number of hydrogen-bond acceptors (Lipinski definition) is 5. The van der Waals surface area contributed by atoms with Crippen LogP contribution in [-0.2, 0) is 16.2 Å². The van der Waals surface area contributed by atoms with Crippen molar-refractivity contribution in [2.45, 2.75) is 57.2 Å². The molecule has 1 amide bonds. The van der Waals surface area contributed by atoms with Gasteiger partial charge in [0.1, 0.15) is 18.5 Å². The predicted octanol–water partition coefficient (Wildman–Crippen LogP) is 3.01. The zero-order valence-electron chi connectivity index (χ0n) is 15.5. The van der Waals surface area contributed by atoms with E-state index in [0.717, 1.165) is 43.5 Å². The van der Waals surface area contributed by atoms with E-state index in [-0.39, 0.29) is 23.1 Å². The van der Waals surface area contributed by atoms with Gasteiger partial charge < -0.3 is 19.3 Å². The predicted molar refractivity (Wildman–Crippen MR) is 103 cm³/mol. The van der Waals surface area contributed by atoms with E-state index in [0.29, 0.717) is 19.0 Å². The maximum absolute atomic E-state index is 12.6. The van der Waals surface area contributed by atoms with Crippen molar-refractivity contribution in [2.24, 2.45) is 5.92 Å². The third-order valence-electron chi connectivity index (χ3n) is 5.13. The number of carbonyl (C=O) groups is 1. The zero-order valence-corrected chi connectivity index (χ0v) is 16.3. The van der Waals surface area contributed by atoms with Crippen molar-refractivity contribution in [1.29, 1.82) is 0 Å². The van der Waals surface area contributed by atoms with Crippen LogP contribution >= 0.6 is 0 Å². The van der Waals surface area contributed by atoms with E-state index in [1.54, 1.807) is 0 Å². The molecule has 1 aliphatic carbocycles. The number of anilines is 1. The Bertz CT molecular complexity index is 620. The Hall–Kier alpha value is -1.44. The second-order valence-electron chi connectivity index (χ2n) is 7.03. The molecule has 1 saturated carbocycles. The van der Waals surface area contributed by atoms with Gasteiger partial charge >= 0.3 is 0 Å². The van der Waals surface area contributed by atoms with Gasteiger partial charge in [0.15, 0.2) is 11.5 Å². The summed E-state index contributed by atoms with van der Waals surface area (Å²) in [6, 6.07) is 5.72. The number of nitrogens with one attached hydrogen (secondary N) is 2. The van der Waals surface area contributed by atoms with Gasteiger partial charge in [0.25, 0.3) is 0 Å². The molecule has 0 aromatic heterocycles. The Morgan fingerprint density at radius 1 is 1.23 bits per heavy atom. The molecule has 0 bridgehead atoms. The zero-order chi connectivity index (χ0) is 18.5. The van der Waals surface area contributed by atoms with E-state index in [1.165, 1.54) is 0 Å². The van der Waals surface area contributed by atoms with Crippen LogP contribution in [0.15, 0.2) is 18.2 Å².